The number of para-hydroxylation sites is 1. The number of hydrogen-bond acceptors (Lipinski definition) is 2. The highest BCUT2D eigenvalue weighted by Crippen LogP contribution is 2.28. The molecule has 2 aromatic heterocycles. The standard InChI is InChI=1S/C21H13BrN2O/c22-12-15-6-1-3-7-17(15)21(25)18-11-14-5-2-4-8-19(14)24-10-9-16(13-23)20(18)24/h1-11H,12H2. The lowest BCUT2D eigenvalue weighted by molar-refractivity contribution is 0.103. The van der Waals surface area contributed by atoms with Gasteiger partial charge in [0.25, 0.3) is 0 Å². The molecule has 0 aliphatic heterocycles. The maximum absolute atomic E-state index is 13.3. The minimum absolute atomic E-state index is 0.0685. The number of fused-ring (bicyclic) bond motifs is 3. The number of nitrogens with zero attached hydrogens (tertiary/aromatic N) is 2. The van der Waals surface area contributed by atoms with Crippen molar-refractivity contribution in [2.24, 2.45) is 0 Å². The average Bonchev–Trinajstić information content (AvgIpc) is 3.11. The zero-order valence-electron chi connectivity index (χ0n) is 13.2. The van der Waals surface area contributed by atoms with Crippen LogP contribution in [0.1, 0.15) is 27.0 Å². The highest BCUT2D eigenvalue weighted by molar-refractivity contribution is 9.08. The molecule has 0 N–H and O–H groups in total. The van der Waals surface area contributed by atoms with E-state index in [0.717, 1.165) is 16.5 Å². The van der Waals surface area contributed by atoms with E-state index in [2.05, 4.69) is 22.0 Å². The maximum Gasteiger partial charge on any atom is 0.195 e. The second-order valence-electron chi connectivity index (χ2n) is 5.80. The third kappa shape index (κ3) is 2.45. The van der Waals surface area contributed by atoms with Gasteiger partial charge in [-0.1, -0.05) is 58.4 Å². The molecule has 2 heterocycles. The SMILES string of the molecule is N#Cc1ccn2c1c(C(=O)c1ccccc1CBr)cc1ccccc12. The molecule has 3 nitrogen and oxygen atoms in total. The lowest BCUT2D eigenvalue weighted by Crippen LogP contribution is -2.07. The number of alkyl halides is 1. The molecular formula is C21H13BrN2O. The van der Waals surface area contributed by atoms with E-state index in [-0.39, 0.29) is 5.78 Å². The summed E-state index contributed by atoms with van der Waals surface area (Å²) in [5, 5.41) is 11.1. The smallest absolute Gasteiger partial charge is 0.195 e. The molecule has 0 aliphatic carbocycles. The number of aromatic nitrogens is 1. The molecule has 4 aromatic rings. The molecule has 4 heteroatoms. The molecule has 120 valence electrons. The monoisotopic (exact) mass is 388 g/mol. The third-order valence-corrected chi connectivity index (χ3v) is 5.01. The topological polar surface area (TPSA) is 45.3 Å². The van der Waals surface area contributed by atoms with Gasteiger partial charge >= 0.3 is 0 Å². The molecule has 0 unspecified atom stereocenters. The van der Waals surface area contributed by atoms with Gasteiger partial charge in [-0.3, -0.25) is 4.79 Å². The Morgan fingerprint density at radius 1 is 1.04 bits per heavy atom. The van der Waals surface area contributed by atoms with Crippen LogP contribution in [0.2, 0.25) is 0 Å². The second kappa shape index (κ2) is 6.19. The lowest BCUT2D eigenvalue weighted by Gasteiger charge is -2.11. The van der Waals surface area contributed by atoms with Gasteiger partial charge in [0.15, 0.2) is 5.78 Å². The Morgan fingerprint density at radius 3 is 2.60 bits per heavy atom. The summed E-state index contributed by atoms with van der Waals surface area (Å²) in [6.07, 6.45) is 1.85. The third-order valence-electron chi connectivity index (χ3n) is 4.41. The van der Waals surface area contributed by atoms with Crippen molar-refractivity contribution >= 4 is 38.1 Å². The molecule has 0 spiro atoms. The first-order chi connectivity index (χ1) is 12.2. The zero-order chi connectivity index (χ0) is 17.4. The van der Waals surface area contributed by atoms with Crippen LogP contribution in [0, 0.1) is 11.3 Å². The highest BCUT2D eigenvalue weighted by Gasteiger charge is 2.19. The van der Waals surface area contributed by atoms with Crippen LogP contribution in [-0.2, 0) is 5.33 Å². The minimum atomic E-state index is -0.0685. The Balaban J connectivity index is 2.07. The molecule has 2 aromatic carbocycles. The summed E-state index contributed by atoms with van der Waals surface area (Å²) in [4.78, 5) is 13.3. The fraction of sp³-hybridized carbons (Fsp3) is 0.0476. The zero-order valence-corrected chi connectivity index (χ0v) is 14.8. The summed E-state index contributed by atoms with van der Waals surface area (Å²) in [7, 11) is 0. The average molecular weight is 389 g/mol. The van der Waals surface area contributed by atoms with Crippen molar-refractivity contribution in [3.63, 3.8) is 0 Å². The Labute approximate surface area is 153 Å². The molecule has 0 radical (unpaired) electrons. The van der Waals surface area contributed by atoms with E-state index in [1.807, 2.05) is 65.2 Å². The molecule has 0 saturated carbocycles. The van der Waals surface area contributed by atoms with Gasteiger partial charge in [-0.15, -0.1) is 0 Å². The molecular weight excluding hydrogens is 376 g/mol. The van der Waals surface area contributed by atoms with E-state index in [9.17, 15) is 10.1 Å². The molecule has 0 saturated heterocycles. The first-order valence-corrected chi connectivity index (χ1v) is 8.98. The Hall–Kier alpha value is -2.90. The predicted octanol–water partition coefficient (Wildman–Crippen LogP) is 5.09. The second-order valence-corrected chi connectivity index (χ2v) is 6.36. The first-order valence-electron chi connectivity index (χ1n) is 7.86. The quantitative estimate of drug-likeness (QED) is 0.362. The molecule has 0 aliphatic rings. The number of nitriles is 1. The van der Waals surface area contributed by atoms with Gasteiger partial charge in [-0.2, -0.15) is 5.26 Å². The van der Waals surface area contributed by atoms with Gasteiger partial charge in [0, 0.05) is 22.7 Å². The Kier molecular flexibility index (Phi) is 3.87. The summed E-state index contributed by atoms with van der Waals surface area (Å²) in [6.45, 7) is 0. The molecule has 0 bridgehead atoms. The summed E-state index contributed by atoms with van der Waals surface area (Å²) in [6, 6.07) is 21.3. The van der Waals surface area contributed by atoms with Gasteiger partial charge in [0.2, 0.25) is 0 Å². The largest absolute Gasteiger partial charge is 0.315 e. The fourth-order valence-electron chi connectivity index (χ4n) is 3.23. The Morgan fingerprint density at radius 2 is 1.80 bits per heavy atom. The van der Waals surface area contributed by atoms with Gasteiger partial charge < -0.3 is 4.40 Å². The molecule has 0 amide bonds. The van der Waals surface area contributed by atoms with Crippen molar-refractivity contribution in [3.05, 3.63) is 89.1 Å². The molecule has 0 fully saturated rings. The number of rotatable bonds is 3. The summed E-state index contributed by atoms with van der Waals surface area (Å²) in [5.74, 6) is -0.0685. The summed E-state index contributed by atoms with van der Waals surface area (Å²) >= 11 is 3.45. The van der Waals surface area contributed by atoms with Crippen LogP contribution in [0.3, 0.4) is 0 Å². The highest BCUT2D eigenvalue weighted by atomic mass is 79.9. The van der Waals surface area contributed by atoms with Crippen LogP contribution in [0.5, 0.6) is 0 Å². The summed E-state index contributed by atoms with van der Waals surface area (Å²) in [5.41, 5.74) is 4.28. The number of ketones is 1. The molecule has 4 rings (SSSR count). The van der Waals surface area contributed by atoms with Crippen molar-refractivity contribution < 1.29 is 4.79 Å². The van der Waals surface area contributed by atoms with Gasteiger partial charge in [-0.05, 0) is 29.1 Å². The maximum atomic E-state index is 13.3. The van der Waals surface area contributed by atoms with E-state index < -0.39 is 0 Å². The predicted molar refractivity (Wildman–Crippen MR) is 102 cm³/mol. The Bertz CT molecular complexity index is 1170. The first kappa shape index (κ1) is 15.6. The van der Waals surface area contributed by atoms with Crippen molar-refractivity contribution in [2.45, 2.75) is 5.33 Å². The fourth-order valence-corrected chi connectivity index (χ4v) is 3.72. The van der Waals surface area contributed by atoms with Crippen molar-refractivity contribution in [1.82, 2.24) is 4.40 Å². The van der Waals surface area contributed by atoms with Crippen molar-refractivity contribution in [1.29, 1.82) is 5.26 Å². The number of hydrogen-bond donors (Lipinski definition) is 0. The van der Waals surface area contributed by atoms with Crippen LogP contribution in [0.15, 0.2) is 66.9 Å². The van der Waals surface area contributed by atoms with Crippen LogP contribution in [-0.4, -0.2) is 10.2 Å². The summed E-state index contributed by atoms with van der Waals surface area (Å²) < 4.78 is 1.93. The number of halogens is 1. The number of carbonyl (C=O) groups excluding carboxylic acids is 1. The van der Waals surface area contributed by atoms with Gasteiger partial charge in [-0.25, -0.2) is 0 Å². The van der Waals surface area contributed by atoms with Gasteiger partial charge in [0.1, 0.15) is 6.07 Å². The number of pyridine rings is 1. The molecule has 25 heavy (non-hydrogen) atoms. The van der Waals surface area contributed by atoms with Crippen LogP contribution < -0.4 is 0 Å². The van der Waals surface area contributed by atoms with E-state index >= 15 is 0 Å². The van der Waals surface area contributed by atoms with Crippen molar-refractivity contribution in [3.8, 4) is 6.07 Å². The van der Waals surface area contributed by atoms with E-state index in [0.29, 0.717) is 27.5 Å². The van der Waals surface area contributed by atoms with E-state index in [1.165, 1.54) is 0 Å². The normalized spacial score (nSPS) is 10.9. The van der Waals surface area contributed by atoms with Crippen LogP contribution in [0.4, 0.5) is 0 Å². The number of carbonyl (C=O) groups is 1. The van der Waals surface area contributed by atoms with Gasteiger partial charge in [0.05, 0.1) is 16.6 Å². The van der Waals surface area contributed by atoms with E-state index in [4.69, 9.17) is 0 Å². The molecule has 0 atom stereocenters. The number of benzene rings is 2. The van der Waals surface area contributed by atoms with Crippen LogP contribution >= 0.6 is 15.9 Å². The van der Waals surface area contributed by atoms with E-state index in [1.54, 1.807) is 6.07 Å². The minimum Gasteiger partial charge on any atom is -0.315 e. The lowest BCUT2D eigenvalue weighted by atomic mass is 9.97. The van der Waals surface area contributed by atoms with Crippen molar-refractivity contribution in [2.75, 3.05) is 0 Å². The van der Waals surface area contributed by atoms with Crippen LogP contribution in [0.25, 0.3) is 16.4 Å².